The number of benzene rings is 7. The van der Waals surface area contributed by atoms with Gasteiger partial charge in [0.25, 0.3) is 0 Å². The maximum atomic E-state index is 9.85. The van der Waals surface area contributed by atoms with Gasteiger partial charge in [-0.15, -0.1) is 0 Å². The third-order valence-electron chi connectivity index (χ3n) is 12.0. The molecule has 3 aliphatic rings. The van der Waals surface area contributed by atoms with Crippen LogP contribution in [0.3, 0.4) is 0 Å². The van der Waals surface area contributed by atoms with Crippen LogP contribution in [-0.4, -0.2) is 15.0 Å². The SMILES string of the molecule is [2H]c1c([2H])c(-c2ccc3c(c2)C2(c4ccccc4-3)C([2H])([2H])CCCC2([2H])[2H])c([2H])c(-c2nc(-c3ccc(-c4ccccc4)cc3)nc(-c3ccc4c(c3)C(C)(C)c3ccccc3-4)n2)c1[2H]. The largest absolute Gasteiger partial charge is 0.208 e. The van der Waals surface area contributed by atoms with Crippen molar-refractivity contribution in [2.24, 2.45) is 0 Å². The minimum absolute atomic E-state index is 0.00918. The van der Waals surface area contributed by atoms with E-state index in [2.05, 4.69) is 44.2 Å². The van der Waals surface area contributed by atoms with Gasteiger partial charge in [-0.1, -0.05) is 179 Å². The second kappa shape index (κ2) is 13.1. The van der Waals surface area contributed by atoms with E-state index in [-0.39, 0.29) is 53.3 Å². The van der Waals surface area contributed by atoms with Gasteiger partial charge in [-0.05, 0) is 97.7 Å². The van der Waals surface area contributed by atoms with Gasteiger partial charge in [0.05, 0.1) is 5.48 Å². The first-order valence-corrected chi connectivity index (χ1v) is 19.7. The van der Waals surface area contributed by atoms with E-state index in [4.69, 9.17) is 15.0 Å². The molecule has 0 unspecified atom stereocenters. The average molecular weight is 742 g/mol. The summed E-state index contributed by atoms with van der Waals surface area (Å²) in [4.78, 5) is 15.0. The lowest BCUT2D eigenvalue weighted by molar-refractivity contribution is 0.353. The molecular weight excluding hydrogens is 691 g/mol. The molecule has 0 saturated heterocycles. The molecule has 3 heteroatoms. The van der Waals surface area contributed by atoms with E-state index in [1.54, 1.807) is 12.1 Å². The van der Waals surface area contributed by atoms with Crippen LogP contribution in [0.25, 0.3) is 78.7 Å². The quantitative estimate of drug-likeness (QED) is 0.176. The smallest absolute Gasteiger partial charge is 0.164 e. The average Bonchev–Trinajstić information content (AvgIpc) is 3.74. The first kappa shape index (κ1) is 26.4. The molecule has 1 heterocycles. The highest BCUT2D eigenvalue weighted by atomic mass is 15.0. The Morgan fingerprint density at radius 3 is 1.70 bits per heavy atom. The molecule has 8 aromatic rings. The van der Waals surface area contributed by atoms with Gasteiger partial charge in [0, 0.05) is 33.0 Å². The molecule has 0 N–H and O–H groups in total. The summed E-state index contributed by atoms with van der Waals surface area (Å²) in [5.41, 5.74) is 9.02. The molecule has 1 fully saturated rings. The minimum Gasteiger partial charge on any atom is -0.208 e. The zero-order chi connectivity index (χ0) is 45.2. The molecule has 0 aliphatic heterocycles. The Labute approximate surface area is 346 Å². The molecule has 3 aliphatic carbocycles. The van der Waals surface area contributed by atoms with Gasteiger partial charge in [-0.3, -0.25) is 0 Å². The van der Waals surface area contributed by atoms with Crippen molar-refractivity contribution in [2.75, 3.05) is 0 Å². The highest BCUT2D eigenvalue weighted by Gasteiger charge is 2.43. The number of aromatic nitrogens is 3. The van der Waals surface area contributed by atoms with Crippen molar-refractivity contribution in [1.29, 1.82) is 0 Å². The van der Waals surface area contributed by atoms with Gasteiger partial charge in [-0.2, -0.15) is 0 Å². The minimum atomic E-state index is -1.97. The molecule has 1 aromatic heterocycles. The summed E-state index contributed by atoms with van der Waals surface area (Å²) in [7, 11) is 0. The van der Waals surface area contributed by atoms with Crippen LogP contribution >= 0.6 is 0 Å². The zero-order valence-electron chi connectivity index (χ0n) is 39.7. The summed E-state index contributed by atoms with van der Waals surface area (Å²) in [6.07, 6.45) is -3.20. The van der Waals surface area contributed by atoms with Crippen molar-refractivity contribution in [3.8, 4) is 78.7 Å². The monoisotopic (exact) mass is 741 g/mol. The summed E-state index contributed by atoms with van der Waals surface area (Å²) in [5, 5.41) is 0. The normalized spacial score (nSPS) is 19.3. The van der Waals surface area contributed by atoms with Gasteiger partial charge in [0.1, 0.15) is 0 Å². The zero-order valence-corrected chi connectivity index (χ0v) is 31.7. The van der Waals surface area contributed by atoms with Crippen LogP contribution in [-0.2, 0) is 10.8 Å². The van der Waals surface area contributed by atoms with Crippen molar-refractivity contribution >= 4 is 0 Å². The van der Waals surface area contributed by atoms with Crippen molar-refractivity contribution in [3.05, 3.63) is 186 Å². The number of rotatable bonds is 5. The number of fused-ring (bicyclic) bond motifs is 8. The third kappa shape index (κ3) is 5.44. The summed E-state index contributed by atoms with van der Waals surface area (Å²) < 4.78 is 75.5. The van der Waals surface area contributed by atoms with Gasteiger partial charge in [-0.25, -0.2) is 15.0 Å². The Balaban J connectivity index is 1.11. The Kier molecular flexibility index (Phi) is 6.05. The Hall–Kier alpha value is -6.45. The van der Waals surface area contributed by atoms with Crippen molar-refractivity contribution in [3.63, 3.8) is 0 Å². The van der Waals surface area contributed by atoms with E-state index in [0.29, 0.717) is 45.9 Å². The number of hydrogen-bond donors (Lipinski definition) is 0. The van der Waals surface area contributed by atoms with E-state index >= 15 is 0 Å². The Morgan fingerprint density at radius 2 is 0.947 bits per heavy atom. The van der Waals surface area contributed by atoms with Gasteiger partial charge in [0.15, 0.2) is 17.5 Å². The first-order chi connectivity index (χ1) is 31.1. The van der Waals surface area contributed by atoms with Gasteiger partial charge in [0.2, 0.25) is 0 Å². The molecule has 0 atom stereocenters. The molecular formula is C54H43N3. The fourth-order valence-corrected chi connectivity index (χ4v) is 9.15. The number of nitrogens with zero attached hydrogens (tertiary/aromatic N) is 3. The van der Waals surface area contributed by atoms with E-state index in [0.717, 1.165) is 33.4 Å². The molecule has 0 radical (unpaired) electrons. The Morgan fingerprint density at radius 1 is 0.439 bits per heavy atom. The molecule has 7 aromatic carbocycles. The predicted molar refractivity (Wildman–Crippen MR) is 234 cm³/mol. The first-order valence-electron chi connectivity index (χ1n) is 23.7. The van der Waals surface area contributed by atoms with Crippen molar-refractivity contribution in [2.45, 2.75) is 56.7 Å². The highest BCUT2D eigenvalue weighted by Crippen LogP contribution is 2.56. The van der Waals surface area contributed by atoms with Gasteiger partial charge >= 0.3 is 0 Å². The second-order valence-electron chi connectivity index (χ2n) is 15.7. The molecule has 0 amide bonds. The van der Waals surface area contributed by atoms with Gasteiger partial charge < -0.3 is 0 Å². The maximum absolute atomic E-state index is 9.85. The summed E-state index contributed by atoms with van der Waals surface area (Å²) in [6, 6.07) is 43.8. The van der Waals surface area contributed by atoms with Crippen molar-refractivity contribution < 1.29 is 11.0 Å². The van der Waals surface area contributed by atoms with Crippen molar-refractivity contribution in [1.82, 2.24) is 15.0 Å². The lowest BCUT2D eigenvalue weighted by atomic mass is 9.67. The summed E-state index contributed by atoms with van der Waals surface area (Å²) in [6.45, 7) is 4.41. The lowest BCUT2D eigenvalue weighted by Crippen LogP contribution is -2.28. The molecule has 57 heavy (non-hydrogen) atoms. The van der Waals surface area contributed by atoms with Crippen LogP contribution in [0.5, 0.6) is 0 Å². The molecule has 1 spiro atoms. The molecule has 0 bridgehead atoms. The third-order valence-corrected chi connectivity index (χ3v) is 12.0. The summed E-state index contributed by atoms with van der Waals surface area (Å²) >= 11 is 0. The van der Waals surface area contributed by atoms with E-state index in [9.17, 15) is 11.0 Å². The molecule has 274 valence electrons. The van der Waals surface area contributed by atoms with Crippen LogP contribution in [0.2, 0.25) is 0 Å². The molecule has 3 nitrogen and oxygen atoms in total. The predicted octanol–water partition coefficient (Wildman–Crippen LogP) is 13.7. The van der Waals surface area contributed by atoms with Crippen LogP contribution in [0.15, 0.2) is 164 Å². The lowest BCUT2D eigenvalue weighted by Gasteiger charge is -2.36. The van der Waals surface area contributed by atoms with Crippen LogP contribution in [0, 0.1) is 0 Å². The standard InChI is InChI=1S/C54H43N3/c1-53(2)46-20-9-7-18-42(46)44-29-27-41(34-48(44)53)52-56-50(37-24-22-36(23-25-37)35-14-5-3-6-15-35)55-51(57-52)40-17-13-16-38(32-40)39-26-28-45-43-19-8-10-21-47(43)54(49(45)33-39)30-11-4-12-31-54/h3,5-10,13-29,32-34H,4,11-12,30-31H2,1-2H3/i13D,16D,17D,30D2,31D2,32D. The van der Waals surface area contributed by atoms with E-state index < -0.39 is 24.2 Å². The van der Waals surface area contributed by atoms with Crippen LogP contribution in [0.4, 0.5) is 0 Å². The fraction of sp³-hybridized carbons (Fsp3) is 0.167. The maximum Gasteiger partial charge on any atom is 0.164 e. The van der Waals surface area contributed by atoms with Crippen LogP contribution in [0.1, 0.15) is 79.1 Å². The topological polar surface area (TPSA) is 38.7 Å². The highest BCUT2D eigenvalue weighted by molar-refractivity contribution is 5.86. The van der Waals surface area contributed by atoms with E-state index in [1.165, 1.54) is 11.1 Å². The number of hydrogen-bond acceptors (Lipinski definition) is 3. The van der Waals surface area contributed by atoms with Crippen LogP contribution < -0.4 is 0 Å². The summed E-state index contributed by atoms with van der Waals surface area (Å²) in [5.74, 6) is 0.649. The van der Waals surface area contributed by atoms with E-state index in [1.807, 2.05) is 97.1 Å². The fourth-order valence-electron chi connectivity index (χ4n) is 9.15. The second-order valence-corrected chi connectivity index (χ2v) is 15.7. The molecule has 11 rings (SSSR count). The Bertz CT molecular complexity index is 3260. The molecule has 1 saturated carbocycles.